The van der Waals surface area contributed by atoms with Crippen LogP contribution >= 0.6 is 11.6 Å². The maximum absolute atomic E-state index is 12.3. The van der Waals surface area contributed by atoms with Gasteiger partial charge < -0.3 is 20.3 Å². The molecule has 6 nitrogen and oxygen atoms in total. The summed E-state index contributed by atoms with van der Waals surface area (Å²) < 4.78 is 5.47. The van der Waals surface area contributed by atoms with Crippen molar-refractivity contribution < 1.29 is 24.5 Å². The maximum Gasteiger partial charge on any atom is 0.407 e. The monoisotopic (exact) mass is 479 g/mol. The molecule has 34 heavy (non-hydrogen) atoms. The smallest absolute Gasteiger partial charge is 0.407 e. The Morgan fingerprint density at radius 1 is 1.00 bits per heavy atom. The summed E-state index contributed by atoms with van der Waals surface area (Å²) in [4.78, 5) is 23.8. The van der Waals surface area contributed by atoms with Gasteiger partial charge in [-0.05, 0) is 53.3 Å². The number of halogens is 1. The highest BCUT2D eigenvalue weighted by Crippen LogP contribution is 2.44. The van der Waals surface area contributed by atoms with E-state index in [4.69, 9.17) is 16.3 Å². The molecule has 2 atom stereocenters. The lowest BCUT2D eigenvalue weighted by molar-refractivity contribution is 0.0136. The van der Waals surface area contributed by atoms with E-state index in [1.165, 1.54) is 19.1 Å². The summed E-state index contributed by atoms with van der Waals surface area (Å²) >= 11 is 6.08. The van der Waals surface area contributed by atoms with Crippen LogP contribution in [0.1, 0.15) is 52.4 Å². The molecule has 0 saturated heterocycles. The normalized spacial score (nSPS) is 14.1. The molecular weight excluding hydrogens is 454 g/mol. The van der Waals surface area contributed by atoms with Crippen molar-refractivity contribution in [2.45, 2.75) is 31.5 Å². The Balaban J connectivity index is 1.28. The first kappa shape index (κ1) is 24.0. The van der Waals surface area contributed by atoms with E-state index < -0.39 is 18.3 Å². The van der Waals surface area contributed by atoms with Gasteiger partial charge >= 0.3 is 6.09 Å². The minimum atomic E-state index is -1.21. The van der Waals surface area contributed by atoms with Crippen LogP contribution in [0.4, 0.5) is 4.79 Å². The van der Waals surface area contributed by atoms with Gasteiger partial charge in [0.05, 0.1) is 11.1 Å². The van der Waals surface area contributed by atoms with E-state index in [-0.39, 0.29) is 36.3 Å². The fourth-order valence-corrected chi connectivity index (χ4v) is 4.67. The van der Waals surface area contributed by atoms with Gasteiger partial charge in [0.1, 0.15) is 12.7 Å². The molecule has 3 aromatic carbocycles. The summed E-state index contributed by atoms with van der Waals surface area (Å²) in [6.45, 7) is 1.72. The van der Waals surface area contributed by atoms with Gasteiger partial charge in [-0.3, -0.25) is 4.79 Å². The summed E-state index contributed by atoms with van der Waals surface area (Å²) in [5, 5.41) is 23.6. The molecule has 2 unspecified atom stereocenters. The summed E-state index contributed by atoms with van der Waals surface area (Å²) in [6, 6.07) is 20.7. The van der Waals surface area contributed by atoms with Crippen LogP contribution in [0.5, 0.6) is 0 Å². The topological polar surface area (TPSA) is 95.9 Å². The predicted molar refractivity (Wildman–Crippen MR) is 130 cm³/mol. The second-order valence-corrected chi connectivity index (χ2v) is 8.76. The van der Waals surface area contributed by atoms with Gasteiger partial charge in [0.15, 0.2) is 5.78 Å². The minimum Gasteiger partial charge on any atom is -0.449 e. The first-order valence-corrected chi connectivity index (χ1v) is 11.5. The van der Waals surface area contributed by atoms with E-state index in [0.29, 0.717) is 11.1 Å². The van der Waals surface area contributed by atoms with Crippen LogP contribution < -0.4 is 5.32 Å². The highest BCUT2D eigenvalue weighted by Gasteiger charge is 2.29. The van der Waals surface area contributed by atoms with E-state index in [1.54, 1.807) is 6.07 Å². The number of aliphatic hydroxyl groups is 2. The molecule has 7 heteroatoms. The first-order valence-electron chi connectivity index (χ1n) is 11.1. The molecule has 0 spiro atoms. The summed E-state index contributed by atoms with van der Waals surface area (Å²) in [6.07, 6.45) is -2.81. The van der Waals surface area contributed by atoms with Crippen molar-refractivity contribution in [1.82, 2.24) is 5.32 Å². The summed E-state index contributed by atoms with van der Waals surface area (Å²) in [7, 11) is 0. The van der Waals surface area contributed by atoms with Crippen LogP contribution in [0.2, 0.25) is 5.02 Å². The lowest BCUT2D eigenvalue weighted by Gasteiger charge is -2.19. The molecule has 0 aromatic heterocycles. The van der Waals surface area contributed by atoms with Crippen LogP contribution in [0.15, 0.2) is 66.7 Å². The molecular formula is C27H26ClNO5. The van der Waals surface area contributed by atoms with Crippen LogP contribution in [-0.2, 0) is 4.74 Å². The van der Waals surface area contributed by atoms with Crippen molar-refractivity contribution >= 4 is 23.5 Å². The van der Waals surface area contributed by atoms with Crippen LogP contribution in [0.25, 0.3) is 11.1 Å². The number of nitrogens with one attached hydrogen (secondary N) is 1. The zero-order valence-electron chi connectivity index (χ0n) is 18.7. The third kappa shape index (κ3) is 4.99. The molecule has 1 aliphatic rings. The van der Waals surface area contributed by atoms with E-state index in [2.05, 4.69) is 17.4 Å². The highest BCUT2D eigenvalue weighted by molar-refractivity contribution is 6.33. The maximum atomic E-state index is 12.3. The van der Waals surface area contributed by atoms with Crippen LogP contribution in [0.3, 0.4) is 0 Å². The molecule has 0 saturated carbocycles. The predicted octanol–water partition coefficient (Wildman–Crippen LogP) is 4.87. The number of hydrogen-bond donors (Lipinski definition) is 3. The lowest BCUT2D eigenvalue weighted by Crippen LogP contribution is -2.30. The molecule has 3 N–H and O–H groups in total. The van der Waals surface area contributed by atoms with Gasteiger partial charge in [-0.2, -0.15) is 0 Å². The molecule has 3 aromatic rings. The number of hydrogen-bond acceptors (Lipinski definition) is 5. The second kappa shape index (κ2) is 10.4. The minimum absolute atomic E-state index is 0.0340. The zero-order valence-corrected chi connectivity index (χ0v) is 19.5. The van der Waals surface area contributed by atoms with Crippen molar-refractivity contribution in [3.8, 4) is 11.1 Å². The van der Waals surface area contributed by atoms with E-state index in [1.807, 2.05) is 36.4 Å². The number of rotatable bonds is 8. The Kier molecular flexibility index (Phi) is 7.32. The number of carbonyl (C=O) groups excluding carboxylic acids is 2. The number of aliphatic hydroxyl groups excluding tert-OH is 2. The third-order valence-electron chi connectivity index (χ3n) is 6.13. The second-order valence-electron chi connectivity index (χ2n) is 8.35. The molecule has 176 valence electrons. The van der Waals surface area contributed by atoms with Crippen molar-refractivity contribution in [3.63, 3.8) is 0 Å². The van der Waals surface area contributed by atoms with E-state index in [9.17, 15) is 19.8 Å². The van der Waals surface area contributed by atoms with Crippen LogP contribution in [0, 0.1) is 0 Å². The van der Waals surface area contributed by atoms with Crippen LogP contribution in [-0.4, -0.2) is 41.3 Å². The number of benzene rings is 3. The number of alkyl carbamates (subject to hydrolysis) is 1. The van der Waals surface area contributed by atoms with Gasteiger partial charge in [0, 0.05) is 18.0 Å². The number of ether oxygens (including phenoxy) is 1. The van der Waals surface area contributed by atoms with E-state index in [0.717, 1.165) is 22.3 Å². The fraction of sp³-hybridized carbons (Fsp3) is 0.259. The first-order chi connectivity index (χ1) is 16.4. The number of Topliss-reactive ketones (excluding diaryl/α,β-unsaturated/α-hetero) is 1. The van der Waals surface area contributed by atoms with E-state index >= 15 is 0 Å². The zero-order chi connectivity index (χ0) is 24.2. The highest BCUT2D eigenvalue weighted by atomic mass is 35.5. The van der Waals surface area contributed by atoms with Gasteiger partial charge in [0.25, 0.3) is 0 Å². The largest absolute Gasteiger partial charge is 0.449 e. The Morgan fingerprint density at radius 2 is 1.62 bits per heavy atom. The average Bonchev–Trinajstić information content (AvgIpc) is 3.15. The molecule has 1 amide bonds. The van der Waals surface area contributed by atoms with Crippen molar-refractivity contribution in [2.75, 3.05) is 13.2 Å². The van der Waals surface area contributed by atoms with Crippen molar-refractivity contribution in [3.05, 3.63) is 94.0 Å². The number of ketones is 1. The number of fused-ring (bicyclic) bond motifs is 3. The summed E-state index contributed by atoms with van der Waals surface area (Å²) in [5.74, 6) is -0.216. The molecule has 0 aliphatic heterocycles. The molecule has 0 bridgehead atoms. The Bertz CT molecular complexity index is 1170. The lowest BCUT2D eigenvalue weighted by atomic mass is 9.98. The Labute approximate surface area is 203 Å². The molecule has 4 rings (SSSR count). The standard InChI is InChI=1S/C27H26ClNO5/c1-16(30)18-11-10-17(14-24(18)28)26(32)25(31)12-13-29-27(33)34-15-23-21-8-4-2-6-19(21)20-7-3-5-9-22(20)23/h2-11,14,23,25-26,31-32H,12-13,15H2,1H3,(H,29,33). The quantitative estimate of drug-likeness (QED) is 0.401. The Hall–Kier alpha value is -3.19. The molecule has 0 heterocycles. The molecule has 0 radical (unpaired) electrons. The Morgan fingerprint density at radius 3 is 2.21 bits per heavy atom. The van der Waals surface area contributed by atoms with Gasteiger partial charge in [-0.15, -0.1) is 0 Å². The molecule has 0 fully saturated rings. The number of amides is 1. The third-order valence-corrected chi connectivity index (χ3v) is 6.44. The van der Waals surface area contributed by atoms with Crippen molar-refractivity contribution in [2.24, 2.45) is 0 Å². The summed E-state index contributed by atoms with van der Waals surface area (Å²) in [5.41, 5.74) is 5.31. The average molecular weight is 480 g/mol. The number of carbonyl (C=O) groups is 2. The SMILES string of the molecule is CC(=O)c1ccc(C(O)C(O)CCNC(=O)OCC2c3ccccc3-c3ccccc32)cc1Cl. The fourth-order valence-electron chi connectivity index (χ4n) is 4.35. The van der Waals surface area contributed by atoms with Gasteiger partial charge in [0.2, 0.25) is 0 Å². The van der Waals surface area contributed by atoms with Gasteiger partial charge in [-0.1, -0.05) is 66.2 Å². The van der Waals surface area contributed by atoms with Crippen molar-refractivity contribution in [1.29, 1.82) is 0 Å². The van der Waals surface area contributed by atoms with Gasteiger partial charge in [-0.25, -0.2) is 4.79 Å². The molecule has 1 aliphatic carbocycles.